The summed E-state index contributed by atoms with van der Waals surface area (Å²) in [5.41, 5.74) is 8.17. The summed E-state index contributed by atoms with van der Waals surface area (Å²) in [5.74, 6) is -0.201. The molecule has 0 aliphatic carbocycles. The Bertz CT molecular complexity index is 362. The summed E-state index contributed by atoms with van der Waals surface area (Å²) in [6, 6.07) is 0. The number of aromatic nitrogens is 2. The molecule has 0 bridgehead atoms. The minimum atomic E-state index is -0.593. The molecule has 0 amide bonds. The van der Waals surface area contributed by atoms with Gasteiger partial charge in [0.05, 0.1) is 7.05 Å². The first-order chi connectivity index (χ1) is 5.66. The van der Waals surface area contributed by atoms with Crippen LogP contribution in [0.15, 0.2) is 6.33 Å². The van der Waals surface area contributed by atoms with Crippen LogP contribution in [-0.2, 0) is 7.05 Å². The van der Waals surface area contributed by atoms with Gasteiger partial charge in [0.15, 0.2) is 6.33 Å². The lowest BCUT2D eigenvalue weighted by Crippen LogP contribution is -1.99. The van der Waals surface area contributed by atoms with Gasteiger partial charge in [-0.1, -0.05) is 0 Å². The van der Waals surface area contributed by atoms with Gasteiger partial charge in [0, 0.05) is 0 Å². The van der Waals surface area contributed by atoms with E-state index in [-0.39, 0.29) is 11.5 Å². The molecule has 7 nitrogen and oxygen atoms in total. The molecule has 0 N–H and O–H groups in total. The molecule has 0 aliphatic rings. The maximum absolute atomic E-state index is 10.4. The zero-order chi connectivity index (χ0) is 9.14. The Balaban J connectivity index is 3.30. The molecular weight excluding hydrogens is 162 g/mol. The smallest absolute Gasteiger partial charge is 0.357 e. The molecule has 1 heterocycles. The van der Waals surface area contributed by atoms with Gasteiger partial charge in [0.25, 0.3) is 0 Å². The molecule has 0 saturated carbocycles. The molecule has 0 aliphatic heterocycles. The van der Waals surface area contributed by atoms with E-state index in [4.69, 9.17) is 5.53 Å². The first kappa shape index (κ1) is 8.09. The summed E-state index contributed by atoms with van der Waals surface area (Å²) in [6.07, 6.45) is 2.19. The van der Waals surface area contributed by atoms with Crippen molar-refractivity contribution in [3.63, 3.8) is 0 Å². The Morgan fingerprint density at radius 3 is 3.08 bits per heavy atom. The fourth-order valence-electron chi connectivity index (χ4n) is 0.810. The van der Waals surface area contributed by atoms with Gasteiger partial charge in [-0.25, -0.2) is 9.55 Å². The standard InChI is InChI=1S/C5H5N5O2/c1-9-3-7-4(2-8-6)5(9)10(11)12/h2-3H,1H3. The molecule has 0 fully saturated rings. The fraction of sp³-hybridized carbons (Fsp3) is 0.200. The van der Waals surface area contributed by atoms with Crippen LogP contribution >= 0.6 is 0 Å². The largest absolute Gasteiger partial charge is 0.361 e. The molecule has 0 radical (unpaired) electrons. The van der Waals surface area contributed by atoms with E-state index in [1.54, 1.807) is 0 Å². The Morgan fingerprint density at radius 1 is 1.92 bits per heavy atom. The highest BCUT2D eigenvalue weighted by Gasteiger charge is 2.19. The molecule has 0 saturated heterocycles. The van der Waals surface area contributed by atoms with E-state index in [0.29, 0.717) is 0 Å². The van der Waals surface area contributed by atoms with Crippen LogP contribution < -0.4 is 0 Å². The molecule has 1 rings (SSSR count). The summed E-state index contributed by atoms with van der Waals surface area (Å²) in [7, 11) is 1.49. The van der Waals surface area contributed by atoms with E-state index in [9.17, 15) is 10.1 Å². The van der Waals surface area contributed by atoms with Crippen LogP contribution in [0.5, 0.6) is 0 Å². The number of hydrogen-bond donors (Lipinski definition) is 0. The lowest BCUT2D eigenvalue weighted by molar-refractivity contribution is -0.392. The van der Waals surface area contributed by atoms with E-state index < -0.39 is 4.92 Å². The summed E-state index contributed by atoms with van der Waals surface area (Å²) < 4.78 is 1.23. The van der Waals surface area contributed by atoms with Crippen LogP contribution in [0.2, 0.25) is 0 Å². The van der Waals surface area contributed by atoms with Crippen molar-refractivity contribution >= 4 is 12.0 Å². The van der Waals surface area contributed by atoms with Crippen molar-refractivity contribution in [2.45, 2.75) is 0 Å². The Hall–Kier alpha value is -2.01. The lowest BCUT2D eigenvalue weighted by Gasteiger charge is -1.91. The molecule has 0 atom stereocenters. The molecule has 0 aromatic carbocycles. The molecule has 1 aromatic rings. The summed E-state index contributed by atoms with van der Waals surface area (Å²) >= 11 is 0. The van der Waals surface area contributed by atoms with Gasteiger partial charge >= 0.3 is 12.0 Å². The Morgan fingerprint density at radius 2 is 2.58 bits per heavy atom. The van der Waals surface area contributed by atoms with Crippen LogP contribution in [0.3, 0.4) is 0 Å². The van der Waals surface area contributed by atoms with Crippen LogP contribution in [0.4, 0.5) is 5.82 Å². The van der Waals surface area contributed by atoms with Crippen molar-refractivity contribution in [1.29, 1.82) is 0 Å². The number of nitrogens with zero attached hydrogens (tertiary/aromatic N) is 5. The zero-order valence-electron chi connectivity index (χ0n) is 6.21. The van der Waals surface area contributed by atoms with Gasteiger partial charge in [-0.05, 0) is 4.92 Å². The predicted molar refractivity (Wildman–Crippen MR) is 38.6 cm³/mol. The van der Waals surface area contributed by atoms with E-state index in [1.807, 2.05) is 0 Å². The minimum absolute atomic E-state index is 0.0324. The van der Waals surface area contributed by atoms with E-state index in [1.165, 1.54) is 17.9 Å². The summed E-state index contributed by atoms with van der Waals surface area (Å²) in [5, 5.41) is 10.4. The maximum Gasteiger partial charge on any atom is 0.357 e. The molecule has 12 heavy (non-hydrogen) atoms. The summed E-state index contributed by atoms with van der Waals surface area (Å²) in [4.78, 5) is 16.1. The third kappa shape index (κ3) is 1.21. The normalized spacial score (nSPS) is 9.08. The SMILES string of the molecule is Cn1cnc(C=[N+]=[N-])c1[N+](=O)[O-]. The number of imidazole rings is 1. The minimum Gasteiger partial charge on any atom is -0.361 e. The fourth-order valence-corrected chi connectivity index (χ4v) is 0.810. The second-order valence-corrected chi connectivity index (χ2v) is 2.07. The van der Waals surface area contributed by atoms with Crippen molar-refractivity contribution in [2.75, 3.05) is 0 Å². The maximum atomic E-state index is 10.4. The molecule has 7 heteroatoms. The number of aryl methyl sites for hydroxylation is 1. The van der Waals surface area contributed by atoms with Crippen molar-refractivity contribution in [3.05, 3.63) is 27.7 Å². The zero-order valence-corrected chi connectivity index (χ0v) is 6.21. The van der Waals surface area contributed by atoms with Gasteiger partial charge < -0.3 is 15.6 Å². The Labute approximate surface area is 67.0 Å². The highest BCUT2D eigenvalue weighted by Crippen LogP contribution is 2.12. The molecular formula is C5H5N5O2. The monoisotopic (exact) mass is 167 g/mol. The van der Waals surface area contributed by atoms with Crippen molar-refractivity contribution in [2.24, 2.45) is 7.05 Å². The average Bonchev–Trinajstić information content (AvgIpc) is 2.32. The second kappa shape index (κ2) is 2.93. The predicted octanol–water partition coefficient (Wildman–Crippen LogP) is -0.0230. The highest BCUT2D eigenvalue weighted by molar-refractivity contribution is 5.77. The van der Waals surface area contributed by atoms with E-state index in [2.05, 4.69) is 9.77 Å². The highest BCUT2D eigenvalue weighted by atomic mass is 16.6. The number of nitro groups is 1. The van der Waals surface area contributed by atoms with Crippen molar-refractivity contribution in [3.8, 4) is 0 Å². The summed E-state index contributed by atoms with van der Waals surface area (Å²) in [6.45, 7) is 0. The van der Waals surface area contributed by atoms with Crippen molar-refractivity contribution in [1.82, 2.24) is 9.55 Å². The number of hydrogen-bond acceptors (Lipinski definition) is 3. The Kier molecular flexibility index (Phi) is 1.98. The first-order valence-corrected chi connectivity index (χ1v) is 3.00. The van der Waals surface area contributed by atoms with Gasteiger partial charge in [0.1, 0.15) is 0 Å². The number of rotatable bonds is 2. The average molecular weight is 167 g/mol. The molecule has 1 aromatic heterocycles. The quantitative estimate of drug-likeness (QED) is 0.203. The molecule has 0 spiro atoms. The third-order valence-corrected chi connectivity index (χ3v) is 1.29. The van der Waals surface area contributed by atoms with Gasteiger partial charge in [-0.3, -0.25) is 0 Å². The van der Waals surface area contributed by atoms with Crippen LogP contribution in [-0.4, -0.2) is 25.5 Å². The van der Waals surface area contributed by atoms with E-state index >= 15 is 0 Å². The molecule has 62 valence electrons. The van der Waals surface area contributed by atoms with Crippen LogP contribution in [0, 0.1) is 10.1 Å². The lowest BCUT2D eigenvalue weighted by atomic mass is 10.5. The third-order valence-electron chi connectivity index (χ3n) is 1.29. The van der Waals surface area contributed by atoms with E-state index in [0.717, 1.165) is 6.21 Å². The topological polar surface area (TPSA) is 97.4 Å². The first-order valence-electron chi connectivity index (χ1n) is 3.00. The van der Waals surface area contributed by atoms with Gasteiger partial charge in [-0.15, -0.1) is 0 Å². The van der Waals surface area contributed by atoms with Gasteiger partial charge in [-0.2, -0.15) is 4.79 Å². The van der Waals surface area contributed by atoms with Crippen molar-refractivity contribution < 1.29 is 9.71 Å². The van der Waals surface area contributed by atoms with Gasteiger partial charge in [0.2, 0.25) is 5.69 Å². The van der Waals surface area contributed by atoms with Crippen LogP contribution in [0.1, 0.15) is 5.69 Å². The van der Waals surface area contributed by atoms with Crippen LogP contribution in [0.25, 0.3) is 5.53 Å². The second-order valence-electron chi connectivity index (χ2n) is 2.07. The molecule has 0 unspecified atom stereocenters.